The van der Waals surface area contributed by atoms with Crippen LogP contribution in [0.3, 0.4) is 0 Å². The second-order valence-corrected chi connectivity index (χ2v) is 5.26. The lowest BCUT2D eigenvalue weighted by Gasteiger charge is -2.20. The lowest BCUT2D eigenvalue weighted by Crippen LogP contribution is -2.29. The van der Waals surface area contributed by atoms with Crippen molar-refractivity contribution in [2.24, 2.45) is 0 Å². The maximum absolute atomic E-state index is 4.57. The quantitative estimate of drug-likeness (QED) is 0.728. The molecule has 0 saturated carbocycles. The van der Waals surface area contributed by atoms with E-state index < -0.39 is 0 Å². The van der Waals surface area contributed by atoms with Crippen molar-refractivity contribution >= 4 is 11.6 Å². The molecule has 1 rings (SSSR count). The van der Waals surface area contributed by atoms with Crippen LogP contribution in [0.25, 0.3) is 0 Å². The van der Waals surface area contributed by atoms with Crippen LogP contribution in [-0.2, 0) is 0 Å². The third-order valence-electron chi connectivity index (χ3n) is 3.24. The van der Waals surface area contributed by atoms with Crippen LogP contribution in [0.1, 0.15) is 45.9 Å². The predicted molar refractivity (Wildman–Crippen MR) is 86.6 cm³/mol. The van der Waals surface area contributed by atoms with Crippen molar-refractivity contribution in [1.29, 1.82) is 0 Å². The van der Waals surface area contributed by atoms with Gasteiger partial charge in [0, 0.05) is 32.1 Å². The molecule has 1 heterocycles. The van der Waals surface area contributed by atoms with Crippen LogP contribution in [0.4, 0.5) is 11.6 Å². The van der Waals surface area contributed by atoms with Crippen LogP contribution >= 0.6 is 0 Å². The van der Waals surface area contributed by atoms with Gasteiger partial charge in [-0.15, -0.1) is 0 Å². The van der Waals surface area contributed by atoms with Gasteiger partial charge in [-0.1, -0.05) is 27.7 Å². The zero-order valence-corrected chi connectivity index (χ0v) is 13.5. The Morgan fingerprint density at radius 1 is 1.15 bits per heavy atom. The molecular formula is C15H29N5. The van der Waals surface area contributed by atoms with Crippen LogP contribution in [-0.4, -0.2) is 48.1 Å². The lowest BCUT2D eigenvalue weighted by molar-refractivity contribution is 0.300. The highest BCUT2D eigenvalue weighted by Crippen LogP contribution is 2.16. The zero-order valence-electron chi connectivity index (χ0n) is 13.5. The molecule has 20 heavy (non-hydrogen) atoms. The van der Waals surface area contributed by atoms with Gasteiger partial charge in [0.05, 0.1) is 0 Å². The first-order valence-electron chi connectivity index (χ1n) is 7.63. The van der Waals surface area contributed by atoms with Crippen molar-refractivity contribution in [2.45, 2.75) is 40.0 Å². The Kier molecular flexibility index (Phi) is 7.30. The molecule has 114 valence electrons. The van der Waals surface area contributed by atoms with Crippen molar-refractivity contribution in [2.75, 3.05) is 43.9 Å². The molecule has 0 aliphatic carbocycles. The van der Waals surface area contributed by atoms with Gasteiger partial charge in [0.1, 0.15) is 17.5 Å². The minimum atomic E-state index is 0.330. The molecule has 0 aliphatic rings. The number of hydrogen-bond donors (Lipinski definition) is 2. The summed E-state index contributed by atoms with van der Waals surface area (Å²) in [7, 11) is 1.89. The Labute approximate surface area is 123 Å². The first-order valence-corrected chi connectivity index (χ1v) is 7.63. The molecule has 0 aromatic carbocycles. The average Bonchev–Trinajstić information content (AvgIpc) is 2.45. The number of nitrogens with zero attached hydrogens (tertiary/aromatic N) is 3. The largest absolute Gasteiger partial charge is 0.373 e. The molecule has 0 radical (unpaired) electrons. The molecule has 5 heteroatoms. The molecule has 0 atom stereocenters. The van der Waals surface area contributed by atoms with Crippen LogP contribution < -0.4 is 10.6 Å². The normalized spacial score (nSPS) is 11.2. The smallest absolute Gasteiger partial charge is 0.135 e. The fraction of sp³-hybridized carbons (Fsp3) is 0.733. The SMILES string of the molecule is CCCN(CC)CCNc1cc(NC)nc(C(C)C)n1. The van der Waals surface area contributed by atoms with Gasteiger partial charge in [-0.25, -0.2) is 9.97 Å². The summed E-state index contributed by atoms with van der Waals surface area (Å²) >= 11 is 0. The topological polar surface area (TPSA) is 53.1 Å². The van der Waals surface area contributed by atoms with E-state index >= 15 is 0 Å². The number of nitrogens with one attached hydrogen (secondary N) is 2. The van der Waals surface area contributed by atoms with Crippen LogP contribution in [0.15, 0.2) is 6.07 Å². The molecular weight excluding hydrogens is 250 g/mol. The Morgan fingerprint density at radius 3 is 2.40 bits per heavy atom. The van der Waals surface area contributed by atoms with E-state index in [9.17, 15) is 0 Å². The number of rotatable bonds is 9. The molecule has 1 aromatic rings. The fourth-order valence-electron chi connectivity index (χ4n) is 2.03. The standard InChI is InChI=1S/C15H29N5/c1-6-9-20(7-2)10-8-17-14-11-13(16-5)18-15(19-14)12(3)4/h11-12H,6-10H2,1-5H3,(H2,16,17,18,19). The van der Waals surface area contributed by atoms with E-state index in [2.05, 4.69) is 53.2 Å². The number of anilines is 2. The summed E-state index contributed by atoms with van der Waals surface area (Å²) in [4.78, 5) is 11.5. The number of likely N-dealkylation sites (N-methyl/N-ethyl adjacent to an activating group) is 1. The fourth-order valence-corrected chi connectivity index (χ4v) is 2.03. The van der Waals surface area contributed by atoms with Crippen molar-refractivity contribution in [3.05, 3.63) is 11.9 Å². The third kappa shape index (κ3) is 5.33. The van der Waals surface area contributed by atoms with Crippen molar-refractivity contribution in [1.82, 2.24) is 14.9 Å². The van der Waals surface area contributed by atoms with Gasteiger partial charge in [-0.2, -0.15) is 0 Å². The minimum Gasteiger partial charge on any atom is -0.373 e. The Balaban J connectivity index is 2.60. The van der Waals surface area contributed by atoms with Gasteiger partial charge in [0.25, 0.3) is 0 Å². The highest BCUT2D eigenvalue weighted by molar-refractivity contribution is 5.47. The number of aromatic nitrogens is 2. The first kappa shape index (κ1) is 16.7. The molecule has 2 N–H and O–H groups in total. The van der Waals surface area contributed by atoms with E-state index in [4.69, 9.17) is 0 Å². The van der Waals surface area contributed by atoms with Crippen molar-refractivity contribution in [3.63, 3.8) is 0 Å². The summed E-state index contributed by atoms with van der Waals surface area (Å²) < 4.78 is 0. The first-order chi connectivity index (χ1) is 9.60. The second-order valence-electron chi connectivity index (χ2n) is 5.26. The third-order valence-corrected chi connectivity index (χ3v) is 3.24. The maximum atomic E-state index is 4.57. The van der Waals surface area contributed by atoms with E-state index in [0.717, 1.165) is 43.6 Å². The maximum Gasteiger partial charge on any atom is 0.135 e. The van der Waals surface area contributed by atoms with Gasteiger partial charge < -0.3 is 15.5 Å². The number of hydrogen-bond acceptors (Lipinski definition) is 5. The molecule has 0 spiro atoms. The van der Waals surface area contributed by atoms with E-state index in [1.165, 1.54) is 6.42 Å². The molecule has 0 saturated heterocycles. The van der Waals surface area contributed by atoms with Crippen LogP contribution in [0, 0.1) is 0 Å². The van der Waals surface area contributed by atoms with Crippen molar-refractivity contribution in [3.8, 4) is 0 Å². The summed E-state index contributed by atoms with van der Waals surface area (Å²) in [6.07, 6.45) is 1.20. The van der Waals surface area contributed by atoms with Gasteiger partial charge in [0.2, 0.25) is 0 Å². The van der Waals surface area contributed by atoms with E-state index in [0.29, 0.717) is 5.92 Å². The average molecular weight is 279 g/mol. The molecule has 0 amide bonds. The predicted octanol–water partition coefficient (Wildman–Crippen LogP) is 2.79. The van der Waals surface area contributed by atoms with Gasteiger partial charge >= 0.3 is 0 Å². The van der Waals surface area contributed by atoms with Gasteiger partial charge in [-0.3, -0.25) is 0 Å². The van der Waals surface area contributed by atoms with Crippen LogP contribution in [0.5, 0.6) is 0 Å². The molecule has 0 fully saturated rings. The Bertz CT molecular complexity index is 392. The van der Waals surface area contributed by atoms with E-state index in [1.807, 2.05) is 13.1 Å². The zero-order chi connectivity index (χ0) is 15.0. The molecule has 1 aromatic heterocycles. The lowest BCUT2D eigenvalue weighted by atomic mass is 10.2. The summed E-state index contributed by atoms with van der Waals surface area (Å²) in [5, 5.41) is 6.50. The van der Waals surface area contributed by atoms with Crippen LogP contribution in [0.2, 0.25) is 0 Å². The molecule has 5 nitrogen and oxygen atoms in total. The molecule has 0 unspecified atom stereocenters. The van der Waals surface area contributed by atoms with Crippen molar-refractivity contribution < 1.29 is 0 Å². The summed E-state index contributed by atoms with van der Waals surface area (Å²) in [5.74, 6) is 2.98. The van der Waals surface area contributed by atoms with E-state index in [-0.39, 0.29) is 0 Å². The summed E-state index contributed by atoms with van der Waals surface area (Å²) in [5.41, 5.74) is 0. The minimum absolute atomic E-state index is 0.330. The van der Waals surface area contributed by atoms with Gasteiger partial charge in [-0.05, 0) is 19.5 Å². The summed E-state index contributed by atoms with van der Waals surface area (Å²) in [6, 6.07) is 1.96. The summed E-state index contributed by atoms with van der Waals surface area (Å²) in [6.45, 7) is 12.8. The molecule has 0 aliphatic heterocycles. The highest BCUT2D eigenvalue weighted by Gasteiger charge is 2.07. The second kappa shape index (κ2) is 8.74. The Morgan fingerprint density at radius 2 is 1.85 bits per heavy atom. The Hall–Kier alpha value is -1.36. The molecule has 0 bridgehead atoms. The highest BCUT2D eigenvalue weighted by atomic mass is 15.1. The van der Waals surface area contributed by atoms with E-state index in [1.54, 1.807) is 0 Å². The monoisotopic (exact) mass is 279 g/mol. The van der Waals surface area contributed by atoms with Gasteiger partial charge in [0.15, 0.2) is 0 Å².